The van der Waals surface area contributed by atoms with Crippen molar-refractivity contribution in [3.8, 4) is 0 Å². The third-order valence-electron chi connectivity index (χ3n) is 3.48. The lowest BCUT2D eigenvalue weighted by atomic mass is 10.3. The predicted molar refractivity (Wildman–Crippen MR) is 74.4 cm³/mol. The summed E-state index contributed by atoms with van der Waals surface area (Å²) < 4.78 is 0. The maximum absolute atomic E-state index is 4.25. The fourth-order valence-electron chi connectivity index (χ4n) is 1.99. The predicted octanol–water partition coefficient (Wildman–Crippen LogP) is 1.29. The first-order valence-corrected chi connectivity index (χ1v) is 6.79. The number of nitrogens with zero attached hydrogens (tertiary/aromatic N) is 2. The van der Waals surface area contributed by atoms with E-state index in [1.165, 1.54) is 6.42 Å². The van der Waals surface area contributed by atoms with Crippen molar-refractivity contribution in [2.24, 2.45) is 10.9 Å². The van der Waals surface area contributed by atoms with Gasteiger partial charge in [-0.05, 0) is 32.7 Å². The second kappa shape index (κ2) is 6.84. The summed E-state index contributed by atoms with van der Waals surface area (Å²) in [5.41, 5.74) is 0. The van der Waals surface area contributed by atoms with Crippen LogP contribution in [0.1, 0.15) is 34.1 Å². The second-order valence-corrected chi connectivity index (χ2v) is 5.19. The minimum Gasteiger partial charge on any atom is -0.355 e. The summed E-state index contributed by atoms with van der Waals surface area (Å²) in [6, 6.07) is 1.24. The lowest BCUT2D eigenvalue weighted by molar-refractivity contribution is 0.237. The van der Waals surface area contributed by atoms with Gasteiger partial charge in [0, 0.05) is 32.2 Å². The molecule has 100 valence electrons. The van der Waals surface area contributed by atoms with E-state index < -0.39 is 0 Å². The van der Waals surface area contributed by atoms with E-state index in [0.717, 1.165) is 31.5 Å². The lowest BCUT2D eigenvalue weighted by Crippen LogP contribution is -2.44. The van der Waals surface area contributed by atoms with Crippen LogP contribution in [-0.4, -0.2) is 49.6 Å². The summed E-state index contributed by atoms with van der Waals surface area (Å²) in [5, 5.41) is 6.81. The van der Waals surface area contributed by atoms with Gasteiger partial charge in [0.25, 0.3) is 0 Å². The zero-order valence-corrected chi connectivity index (χ0v) is 12.0. The van der Waals surface area contributed by atoms with Crippen molar-refractivity contribution in [1.82, 2.24) is 15.5 Å². The molecule has 0 aliphatic heterocycles. The average molecular weight is 240 g/mol. The molecule has 0 aromatic carbocycles. The fraction of sp³-hybridized carbons (Fsp3) is 0.923. The Balaban J connectivity index is 2.19. The highest BCUT2D eigenvalue weighted by molar-refractivity contribution is 5.80. The molecule has 0 amide bonds. The number of guanidine groups is 1. The molecule has 1 rings (SSSR count). The van der Waals surface area contributed by atoms with E-state index in [0.29, 0.717) is 12.1 Å². The van der Waals surface area contributed by atoms with Crippen molar-refractivity contribution in [2.75, 3.05) is 26.7 Å². The van der Waals surface area contributed by atoms with Crippen LogP contribution in [0.15, 0.2) is 4.99 Å². The molecule has 4 heteroatoms. The van der Waals surface area contributed by atoms with Crippen molar-refractivity contribution in [3.63, 3.8) is 0 Å². The monoisotopic (exact) mass is 240 g/mol. The Morgan fingerprint density at radius 1 is 1.47 bits per heavy atom. The number of hydrogen-bond acceptors (Lipinski definition) is 2. The fourth-order valence-corrected chi connectivity index (χ4v) is 1.99. The molecule has 2 unspecified atom stereocenters. The molecule has 4 nitrogen and oxygen atoms in total. The molecule has 2 atom stereocenters. The quantitative estimate of drug-likeness (QED) is 0.543. The molecule has 0 radical (unpaired) electrons. The molecule has 0 bridgehead atoms. The van der Waals surface area contributed by atoms with Gasteiger partial charge in [-0.1, -0.05) is 13.8 Å². The van der Waals surface area contributed by atoms with Gasteiger partial charge in [-0.3, -0.25) is 9.89 Å². The summed E-state index contributed by atoms with van der Waals surface area (Å²) >= 11 is 0. The molecule has 1 saturated carbocycles. The highest BCUT2D eigenvalue weighted by Crippen LogP contribution is 2.28. The summed E-state index contributed by atoms with van der Waals surface area (Å²) in [7, 11) is 1.84. The van der Waals surface area contributed by atoms with Crippen LogP contribution in [0.2, 0.25) is 0 Å². The first kappa shape index (κ1) is 14.3. The topological polar surface area (TPSA) is 39.7 Å². The van der Waals surface area contributed by atoms with Gasteiger partial charge in [-0.2, -0.15) is 0 Å². The van der Waals surface area contributed by atoms with Gasteiger partial charge in [0.1, 0.15) is 0 Å². The molecule has 2 N–H and O–H groups in total. The Kier molecular flexibility index (Phi) is 5.75. The van der Waals surface area contributed by atoms with Crippen molar-refractivity contribution < 1.29 is 0 Å². The molecule has 0 aromatic rings. The van der Waals surface area contributed by atoms with E-state index in [2.05, 4.69) is 48.2 Å². The van der Waals surface area contributed by atoms with Crippen molar-refractivity contribution in [1.29, 1.82) is 0 Å². The second-order valence-electron chi connectivity index (χ2n) is 5.19. The Hall–Kier alpha value is -0.770. The molecule has 0 saturated heterocycles. The Labute approximate surface area is 106 Å². The van der Waals surface area contributed by atoms with Crippen molar-refractivity contribution in [2.45, 2.75) is 46.2 Å². The SMILES string of the molecule is CCN(CCNC(=NC)NC1CC1C)C(C)C. The van der Waals surface area contributed by atoms with E-state index in [9.17, 15) is 0 Å². The van der Waals surface area contributed by atoms with Gasteiger partial charge in [0.15, 0.2) is 5.96 Å². The molecule has 0 aromatic heterocycles. The third kappa shape index (κ3) is 4.94. The first-order chi connectivity index (χ1) is 8.08. The summed E-state index contributed by atoms with van der Waals surface area (Å²) in [4.78, 5) is 6.69. The number of rotatable bonds is 6. The smallest absolute Gasteiger partial charge is 0.191 e. The number of hydrogen-bond donors (Lipinski definition) is 2. The van der Waals surface area contributed by atoms with E-state index in [-0.39, 0.29) is 0 Å². The molecule has 0 heterocycles. The number of aliphatic imine (C=N–C) groups is 1. The molecule has 1 aliphatic rings. The normalized spacial score (nSPS) is 24.3. The van der Waals surface area contributed by atoms with Gasteiger partial charge in [-0.25, -0.2) is 0 Å². The Morgan fingerprint density at radius 3 is 2.53 bits per heavy atom. The van der Waals surface area contributed by atoms with Gasteiger partial charge in [-0.15, -0.1) is 0 Å². The molecule has 17 heavy (non-hydrogen) atoms. The van der Waals surface area contributed by atoms with E-state index in [4.69, 9.17) is 0 Å². The average Bonchev–Trinajstić information content (AvgIpc) is 2.98. The van der Waals surface area contributed by atoms with Gasteiger partial charge < -0.3 is 10.6 Å². The van der Waals surface area contributed by atoms with Crippen LogP contribution in [0.25, 0.3) is 0 Å². The Morgan fingerprint density at radius 2 is 2.12 bits per heavy atom. The lowest BCUT2D eigenvalue weighted by Gasteiger charge is -2.25. The van der Waals surface area contributed by atoms with Gasteiger partial charge in [0.05, 0.1) is 0 Å². The molecular weight excluding hydrogens is 212 g/mol. The minimum atomic E-state index is 0.611. The highest BCUT2D eigenvalue weighted by atomic mass is 15.2. The highest BCUT2D eigenvalue weighted by Gasteiger charge is 2.33. The first-order valence-electron chi connectivity index (χ1n) is 6.79. The molecule has 0 spiro atoms. The number of likely N-dealkylation sites (N-methyl/N-ethyl adjacent to an activating group) is 1. The van der Waals surface area contributed by atoms with Crippen LogP contribution < -0.4 is 10.6 Å². The molecular formula is C13H28N4. The van der Waals surface area contributed by atoms with Crippen LogP contribution in [0.5, 0.6) is 0 Å². The maximum atomic E-state index is 4.25. The summed E-state index contributed by atoms with van der Waals surface area (Å²) in [6.45, 7) is 12.1. The van der Waals surface area contributed by atoms with Crippen molar-refractivity contribution >= 4 is 5.96 Å². The van der Waals surface area contributed by atoms with Crippen molar-refractivity contribution in [3.05, 3.63) is 0 Å². The standard InChI is InChI=1S/C13H28N4/c1-6-17(10(2)3)8-7-15-13(14-5)16-12-9-11(12)4/h10-12H,6-9H2,1-5H3,(H2,14,15,16). The van der Waals surface area contributed by atoms with Crippen LogP contribution >= 0.6 is 0 Å². The van der Waals surface area contributed by atoms with Gasteiger partial charge >= 0.3 is 0 Å². The van der Waals surface area contributed by atoms with E-state index in [1.54, 1.807) is 0 Å². The maximum Gasteiger partial charge on any atom is 0.191 e. The van der Waals surface area contributed by atoms with E-state index in [1.807, 2.05) is 7.05 Å². The molecule has 1 aliphatic carbocycles. The summed E-state index contributed by atoms with van der Waals surface area (Å²) in [6.07, 6.45) is 1.27. The molecule has 1 fully saturated rings. The third-order valence-corrected chi connectivity index (χ3v) is 3.48. The van der Waals surface area contributed by atoms with Gasteiger partial charge in [0.2, 0.25) is 0 Å². The number of nitrogens with one attached hydrogen (secondary N) is 2. The Bertz CT molecular complexity index is 250. The van der Waals surface area contributed by atoms with Crippen LogP contribution in [-0.2, 0) is 0 Å². The van der Waals surface area contributed by atoms with Crippen LogP contribution in [0.3, 0.4) is 0 Å². The largest absolute Gasteiger partial charge is 0.355 e. The zero-order chi connectivity index (χ0) is 12.8. The zero-order valence-electron chi connectivity index (χ0n) is 12.0. The van der Waals surface area contributed by atoms with E-state index >= 15 is 0 Å². The minimum absolute atomic E-state index is 0.611. The van der Waals surface area contributed by atoms with Crippen LogP contribution in [0.4, 0.5) is 0 Å². The summed E-state index contributed by atoms with van der Waals surface area (Å²) in [5.74, 6) is 1.75. The van der Waals surface area contributed by atoms with Crippen LogP contribution in [0, 0.1) is 5.92 Å².